The van der Waals surface area contributed by atoms with E-state index in [2.05, 4.69) is 54.6 Å². The van der Waals surface area contributed by atoms with Crippen LogP contribution in [0.4, 0.5) is 0 Å². The first-order valence-corrected chi connectivity index (χ1v) is 10.5. The highest BCUT2D eigenvalue weighted by Crippen LogP contribution is 2.31. The van der Waals surface area contributed by atoms with E-state index in [1.807, 2.05) is 24.7 Å². The maximum absolute atomic E-state index is 5.46. The lowest BCUT2D eigenvalue weighted by Gasteiger charge is -2.26. The maximum atomic E-state index is 5.46. The van der Waals surface area contributed by atoms with Crippen LogP contribution in [-0.2, 0) is 11.3 Å². The summed E-state index contributed by atoms with van der Waals surface area (Å²) in [6.07, 6.45) is 7.96. The molecule has 1 aliphatic heterocycles. The number of hydrogen-bond acceptors (Lipinski definition) is 5. The van der Waals surface area contributed by atoms with E-state index in [9.17, 15) is 0 Å². The molecular formula is C22H22N4OS. The second-order valence-corrected chi connectivity index (χ2v) is 7.82. The van der Waals surface area contributed by atoms with Gasteiger partial charge < -0.3 is 9.30 Å². The average Bonchev–Trinajstić information content (AvgIpc) is 3.42. The fraction of sp³-hybridized carbons (Fsp3) is 0.273. The molecule has 0 aromatic carbocycles. The van der Waals surface area contributed by atoms with Crippen LogP contribution in [0.3, 0.4) is 0 Å². The molecule has 0 aliphatic carbocycles. The van der Waals surface area contributed by atoms with Crippen molar-refractivity contribution in [2.24, 2.45) is 0 Å². The summed E-state index contributed by atoms with van der Waals surface area (Å²) in [6, 6.07) is 8.51. The van der Waals surface area contributed by atoms with Crippen LogP contribution in [0, 0.1) is 0 Å². The van der Waals surface area contributed by atoms with Gasteiger partial charge in [0, 0.05) is 67.7 Å². The predicted molar refractivity (Wildman–Crippen MR) is 114 cm³/mol. The van der Waals surface area contributed by atoms with Gasteiger partial charge in [0.05, 0.1) is 24.2 Å². The quantitative estimate of drug-likeness (QED) is 0.513. The Morgan fingerprint density at radius 2 is 1.93 bits per heavy atom. The van der Waals surface area contributed by atoms with E-state index in [0.717, 1.165) is 61.6 Å². The predicted octanol–water partition coefficient (Wildman–Crippen LogP) is 4.16. The summed E-state index contributed by atoms with van der Waals surface area (Å²) >= 11 is 1.71. The van der Waals surface area contributed by atoms with Crippen molar-refractivity contribution in [3.8, 4) is 22.3 Å². The number of ether oxygens (including phenoxy) is 1. The molecule has 0 spiro atoms. The van der Waals surface area contributed by atoms with Crippen LogP contribution in [0.2, 0.25) is 0 Å². The zero-order chi connectivity index (χ0) is 18.8. The summed E-state index contributed by atoms with van der Waals surface area (Å²) in [5.74, 6) is 0. The first-order chi connectivity index (χ1) is 13.9. The number of hydrogen-bond donors (Lipinski definition) is 0. The molecule has 28 heavy (non-hydrogen) atoms. The number of thiophene rings is 1. The highest BCUT2D eigenvalue weighted by Gasteiger charge is 2.15. The molecule has 0 saturated carbocycles. The van der Waals surface area contributed by atoms with Gasteiger partial charge in [-0.2, -0.15) is 11.3 Å². The third-order valence-corrected chi connectivity index (χ3v) is 5.98. The van der Waals surface area contributed by atoms with Gasteiger partial charge in [0.1, 0.15) is 0 Å². The van der Waals surface area contributed by atoms with E-state index < -0.39 is 0 Å². The molecule has 0 atom stereocenters. The number of nitrogens with zero attached hydrogens (tertiary/aromatic N) is 4. The number of morpholine rings is 1. The molecule has 1 fully saturated rings. The monoisotopic (exact) mass is 390 g/mol. The minimum Gasteiger partial charge on any atom is -0.379 e. The van der Waals surface area contributed by atoms with Gasteiger partial charge in [0.2, 0.25) is 0 Å². The van der Waals surface area contributed by atoms with Crippen molar-refractivity contribution in [1.29, 1.82) is 0 Å². The highest BCUT2D eigenvalue weighted by atomic mass is 32.1. The van der Waals surface area contributed by atoms with Gasteiger partial charge in [-0.1, -0.05) is 0 Å². The van der Waals surface area contributed by atoms with Crippen molar-refractivity contribution < 1.29 is 4.74 Å². The van der Waals surface area contributed by atoms with E-state index in [1.54, 1.807) is 11.3 Å². The first-order valence-electron chi connectivity index (χ1n) is 9.60. The van der Waals surface area contributed by atoms with Crippen molar-refractivity contribution in [3.63, 3.8) is 0 Å². The molecule has 142 valence electrons. The number of rotatable bonds is 5. The lowest BCUT2D eigenvalue weighted by molar-refractivity contribution is 0.0365. The molecule has 0 radical (unpaired) electrons. The summed E-state index contributed by atoms with van der Waals surface area (Å²) in [6.45, 7) is 5.66. The molecule has 1 aliphatic rings. The van der Waals surface area contributed by atoms with Crippen molar-refractivity contribution >= 4 is 22.4 Å². The van der Waals surface area contributed by atoms with Crippen LogP contribution in [0.5, 0.6) is 0 Å². The summed E-state index contributed by atoms with van der Waals surface area (Å²) in [5, 5.41) is 4.26. The molecular weight excluding hydrogens is 368 g/mol. The molecule has 0 amide bonds. The van der Waals surface area contributed by atoms with E-state index in [1.165, 1.54) is 11.1 Å². The molecule has 6 heteroatoms. The summed E-state index contributed by atoms with van der Waals surface area (Å²) in [7, 11) is 0. The third kappa shape index (κ3) is 3.46. The van der Waals surface area contributed by atoms with Crippen molar-refractivity contribution in [2.75, 3.05) is 32.8 Å². The fourth-order valence-electron chi connectivity index (χ4n) is 3.77. The Balaban J connectivity index is 1.49. The normalized spacial score (nSPS) is 15.3. The zero-order valence-corrected chi connectivity index (χ0v) is 16.4. The average molecular weight is 391 g/mol. The molecule has 5 heterocycles. The molecule has 0 N–H and O–H groups in total. The minimum absolute atomic E-state index is 0.834. The fourth-order valence-corrected chi connectivity index (χ4v) is 4.43. The standard InChI is InChI=1S/C22H22N4OS/c1-2-21-22(24-4-1)20(15-26(21)6-5-25-7-9-27-10-8-25)19-12-18(13-23-14-19)17-3-11-28-16-17/h1-4,11-16H,5-10H2. The van der Waals surface area contributed by atoms with Crippen LogP contribution in [0.1, 0.15) is 0 Å². The summed E-state index contributed by atoms with van der Waals surface area (Å²) in [5.41, 5.74) is 6.81. The van der Waals surface area contributed by atoms with E-state index in [0.29, 0.717) is 0 Å². The molecule has 0 unspecified atom stereocenters. The van der Waals surface area contributed by atoms with Gasteiger partial charge in [0.25, 0.3) is 0 Å². The number of aromatic nitrogens is 3. The summed E-state index contributed by atoms with van der Waals surface area (Å²) < 4.78 is 7.78. The Labute approximate surface area is 168 Å². The number of pyridine rings is 2. The third-order valence-electron chi connectivity index (χ3n) is 5.30. The van der Waals surface area contributed by atoms with Gasteiger partial charge in [-0.25, -0.2) is 0 Å². The SMILES string of the molecule is c1cnc2c(-c3cncc(-c4ccsc4)c3)cn(CCN3CCOCC3)c2c1. The van der Waals surface area contributed by atoms with Crippen molar-refractivity contribution in [2.45, 2.75) is 6.54 Å². The Morgan fingerprint density at radius 1 is 1.04 bits per heavy atom. The first kappa shape index (κ1) is 17.6. The Hall–Kier alpha value is -2.54. The van der Waals surface area contributed by atoms with Gasteiger partial charge >= 0.3 is 0 Å². The van der Waals surface area contributed by atoms with Crippen molar-refractivity contribution in [1.82, 2.24) is 19.4 Å². The van der Waals surface area contributed by atoms with E-state index in [4.69, 9.17) is 4.74 Å². The molecule has 4 aromatic heterocycles. The minimum atomic E-state index is 0.834. The van der Waals surface area contributed by atoms with Gasteiger partial charge in [0.15, 0.2) is 0 Å². The zero-order valence-electron chi connectivity index (χ0n) is 15.6. The lowest BCUT2D eigenvalue weighted by atomic mass is 10.1. The second kappa shape index (κ2) is 7.83. The topological polar surface area (TPSA) is 43.2 Å². The Bertz CT molecular complexity index is 1070. The maximum Gasteiger partial charge on any atom is 0.0959 e. The molecule has 5 nitrogen and oxygen atoms in total. The Morgan fingerprint density at radius 3 is 2.79 bits per heavy atom. The van der Waals surface area contributed by atoms with Crippen LogP contribution in [0.15, 0.2) is 59.8 Å². The lowest BCUT2D eigenvalue weighted by Crippen LogP contribution is -2.38. The number of fused-ring (bicyclic) bond motifs is 1. The summed E-state index contributed by atoms with van der Waals surface area (Å²) in [4.78, 5) is 11.6. The van der Waals surface area contributed by atoms with E-state index in [-0.39, 0.29) is 0 Å². The van der Waals surface area contributed by atoms with Crippen molar-refractivity contribution in [3.05, 3.63) is 59.8 Å². The Kier molecular flexibility index (Phi) is 4.91. The second-order valence-electron chi connectivity index (χ2n) is 7.04. The van der Waals surface area contributed by atoms with Crippen LogP contribution >= 0.6 is 11.3 Å². The molecule has 1 saturated heterocycles. The van der Waals surface area contributed by atoms with Gasteiger partial charge in [-0.3, -0.25) is 14.9 Å². The molecule has 4 aromatic rings. The largest absolute Gasteiger partial charge is 0.379 e. The van der Waals surface area contributed by atoms with Crippen LogP contribution < -0.4 is 0 Å². The van der Waals surface area contributed by atoms with Gasteiger partial charge in [-0.05, 0) is 40.6 Å². The smallest absolute Gasteiger partial charge is 0.0959 e. The van der Waals surface area contributed by atoms with Crippen LogP contribution in [0.25, 0.3) is 33.3 Å². The molecule has 5 rings (SSSR count). The van der Waals surface area contributed by atoms with Gasteiger partial charge in [-0.15, -0.1) is 0 Å². The van der Waals surface area contributed by atoms with Crippen LogP contribution in [-0.4, -0.2) is 52.3 Å². The van der Waals surface area contributed by atoms with E-state index >= 15 is 0 Å². The molecule has 0 bridgehead atoms. The highest BCUT2D eigenvalue weighted by molar-refractivity contribution is 7.08.